The third-order valence-corrected chi connectivity index (χ3v) is 5.55. The van der Waals surface area contributed by atoms with Crippen molar-refractivity contribution in [3.05, 3.63) is 65.0 Å². The maximum atomic E-state index is 13.0. The summed E-state index contributed by atoms with van der Waals surface area (Å²) in [6.07, 6.45) is 3.58. The molecule has 3 aromatic rings. The monoisotopic (exact) mass is 422 g/mol. The van der Waals surface area contributed by atoms with Crippen LogP contribution in [0.5, 0.6) is 11.5 Å². The number of benzene rings is 2. The fraction of sp³-hybridized carbons (Fsp3) is 0.292. The topological polar surface area (TPSA) is 88.0 Å². The minimum atomic E-state index is -0.211. The number of allylic oxidation sites excluding steroid dienone is 1. The van der Waals surface area contributed by atoms with Crippen LogP contribution in [0.3, 0.4) is 0 Å². The molecular formula is C24H26N2O5. The van der Waals surface area contributed by atoms with Gasteiger partial charge < -0.3 is 29.2 Å². The van der Waals surface area contributed by atoms with Gasteiger partial charge in [-0.05, 0) is 18.2 Å². The van der Waals surface area contributed by atoms with E-state index in [-0.39, 0.29) is 17.3 Å². The number of quaternary nitrogens is 1. The van der Waals surface area contributed by atoms with Gasteiger partial charge in [-0.3, -0.25) is 4.79 Å². The molecule has 7 nitrogen and oxygen atoms in total. The SMILES string of the molecule is COCC[NH+](CCOC)Cc1c([O-])ccc2c1O/C(=C\c1c[nH]c3ccccc13)C2=O. The van der Waals surface area contributed by atoms with Crippen LogP contribution < -0.4 is 14.7 Å². The first-order valence-corrected chi connectivity index (χ1v) is 10.3. The van der Waals surface area contributed by atoms with E-state index in [1.54, 1.807) is 26.4 Å². The van der Waals surface area contributed by atoms with E-state index < -0.39 is 0 Å². The fourth-order valence-corrected chi connectivity index (χ4v) is 3.86. The summed E-state index contributed by atoms with van der Waals surface area (Å²) >= 11 is 0. The number of carbonyl (C=O) groups is 1. The zero-order valence-electron chi connectivity index (χ0n) is 17.7. The van der Waals surface area contributed by atoms with Gasteiger partial charge in [0.2, 0.25) is 5.78 Å². The number of fused-ring (bicyclic) bond motifs is 2. The van der Waals surface area contributed by atoms with E-state index in [4.69, 9.17) is 14.2 Å². The summed E-state index contributed by atoms with van der Waals surface area (Å²) in [7, 11) is 3.30. The number of ketones is 1. The van der Waals surface area contributed by atoms with Crippen molar-refractivity contribution in [2.75, 3.05) is 40.5 Å². The fourth-order valence-electron chi connectivity index (χ4n) is 3.86. The third kappa shape index (κ3) is 4.34. The average molecular weight is 422 g/mol. The van der Waals surface area contributed by atoms with E-state index >= 15 is 0 Å². The molecule has 0 atom stereocenters. The molecule has 0 amide bonds. The van der Waals surface area contributed by atoms with Gasteiger partial charge in [0.05, 0.1) is 18.8 Å². The number of nitrogens with one attached hydrogen (secondary N) is 2. The molecule has 0 unspecified atom stereocenters. The minimum absolute atomic E-state index is 0.132. The Balaban J connectivity index is 1.64. The van der Waals surface area contributed by atoms with Crippen molar-refractivity contribution in [2.24, 2.45) is 0 Å². The second-order valence-corrected chi connectivity index (χ2v) is 7.56. The lowest BCUT2D eigenvalue weighted by Crippen LogP contribution is -3.11. The van der Waals surface area contributed by atoms with Crippen LogP contribution in [0.15, 0.2) is 48.4 Å². The van der Waals surface area contributed by atoms with Crippen molar-refractivity contribution < 1.29 is 29.0 Å². The van der Waals surface area contributed by atoms with Crippen LogP contribution >= 0.6 is 0 Å². The standard InChI is InChI=1S/C24H26N2O5/c1-29-11-9-26(10-12-30-2)15-19-21(27)8-7-18-23(28)22(31-24(18)19)13-16-14-25-20-6-4-3-5-17(16)20/h3-8,13-14,25,27H,9-12,15H2,1-2H3/b22-13-. The molecule has 4 rings (SSSR count). The number of rotatable bonds is 9. The highest BCUT2D eigenvalue weighted by atomic mass is 16.5. The van der Waals surface area contributed by atoms with Crippen molar-refractivity contribution in [1.29, 1.82) is 0 Å². The Kier molecular flexibility index (Phi) is 6.36. The van der Waals surface area contributed by atoms with Crippen LogP contribution in [0.2, 0.25) is 0 Å². The Morgan fingerprint density at radius 3 is 2.58 bits per heavy atom. The molecule has 0 saturated carbocycles. The summed E-state index contributed by atoms with van der Waals surface area (Å²) in [5.41, 5.74) is 2.78. The molecule has 2 N–H and O–H groups in total. The molecule has 2 heterocycles. The number of H-pyrrole nitrogens is 1. The Bertz CT molecular complexity index is 1110. The number of hydrogen-bond donors (Lipinski definition) is 2. The van der Waals surface area contributed by atoms with Gasteiger partial charge >= 0.3 is 0 Å². The van der Waals surface area contributed by atoms with Crippen LogP contribution in [-0.2, 0) is 16.0 Å². The van der Waals surface area contributed by atoms with Crippen molar-refractivity contribution in [2.45, 2.75) is 6.54 Å². The van der Waals surface area contributed by atoms with Gasteiger partial charge in [0.25, 0.3) is 0 Å². The van der Waals surface area contributed by atoms with E-state index in [1.165, 1.54) is 6.07 Å². The van der Waals surface area contributed by atoms with Crippen LogP contribution in [0, 0.1) is 0 Å². The van der Waals surface area contributed by atoms with Crippen molar-refractivity contribution in [3.8, 4) is 11.5 Å². The Morgan fingerprint density at radius 2 is 1.84 bits per heavy atom. The van der Waals surface area contributed by atoms with Crippen LogP contribution in [0.25, 0.3) is 17.0 Å². The molecular weight excluding hydrogens is 396 g/mol. The van der Waals surface area contributed by atoms with Gasteiger partial charge in [-0.25, -0.2) is 0 Å². The zero-order valence-corrected chi connectivity index (χ0v) is 17.7. The lowest BCUT2D eigenvalue weighted by Gasteiger charge is -2.23. The molecule has 0 bridgehead atoms. The number of ether oxygens (including phenoxy) is 3. The zero-order chi connectivity index (χ0) is 21.8. The van der Waals surface area contributed by atoms with Gasteiger partial charge in [-0.15, -0.1) is 0 Å². The van der Waals surface area contributed by atoms with E-state index in [0.29, 0.717) is 36.6 Å². The van der Waals surface area contributed by atoms with E-state index in [9.17, 15) is 9.90 Å². The van der Waals surface area contributed by atoms with Gasteiger partial charge in [0, 0.05) is 42.4 Å². The second-order valence-electron chi connectivity index (χ2n) is 7.56. The van der Waals surface area contributed by atoms with Gasteiger partial charge in [-0.2, -0.15) is 0 Å². The molecule has 1 aliphatic rings. The predicted molar refractivity (Wildman–Crippen MR) is 115 cm³/mol. The van der Waals surface area contributed by atoms with Crippen molar-refractivity contribution in [1.82, 2.24) is 4.98 Å². The summed E-state index contributed by atoms with van der Waals surface area (Å²) in [6, 6.07) is 10.9. The molecule has 31 heavy (non-hydrogen) atoms. The molecule has 1 aliphatic heterocycles. The van der Waals surface area contributed by atoms with Gasteiger partial charge in [-0.1, -0.05) is 30.0 Å². The molecule has 0 radical (unpaired) electrons. The van der Waals surface area contributed by atoms with Crippen LogP contribution in [0.1, 0.15) is 21.5 Å². The summed E-state index contributed by atoms with van der Waals surface area (Å²) in [5, 5.41) is 13.7. The highest BCUT2D eigenvalue weighted by Gasteiger charge is 2.31. The van der Waals surface area contributed by atoms with Gasteiger partial charge in [0.1, 0.15) is 25.4 Å². The predicted octanol–water partition coefficient (Wildman–Crippen LogP) is 1.54. The lowest BCUT2D eigenvalue weighted by atomic mass is 10.0. The maximum Gasteiger partial charge on any atom is 0.231 e. The molecule has 162 valence electrons. The summed E-state index contributed by atoms with van der Waals surface area (Å²) < 4.78 is 16.4. The maximum absolute atomic E-state index is 13.0. The highest BCUT2D eigenvalue weighted by molar-refractivity contribution is 6.15. The van der Waals surface area contributed by atoms with Crippen LogP contribution in [-0.4, -0.2) is 51.3 Å². The quantitative estimate of drug-likeness (QED) is 0.511. The molecule has 0 fully saturated rings. The average Bonchev–Trinajstić information content (AvgIpc) is 3.33. The first kappa shape index (κ1) is 21.1. The first-order chi connectivity index (χ1) is 15.1. The Labute approximate surface area is 180 Å². The van der Waals surface area contributed by atoms with Crippen molar-refractivity contribution >= 4 is 22.8 Å². The molecule has 0 saturated heterocycles. The number of carbonyl (C=O) groups excluding carboxylic acids is 1. The smallest absolute Gasteiger partial charge is 0.231 e. The second kappa shape index (κ2) is 9.34. The number of hydrogen-bond acceptors (Lipinski definition) is 5. The largest absolute Gasteiger partial charge is 0.872 e. The van der Waals surface area contributed by atoms with E-state index in [2.05, 4.69) is 4.98 Å². The lowest BCUT2D eigenvalue weighted by molar-refractivity contribution is -0.914. The first-order valence-electron chi connectivity index (χ1n) is 10.3. The summed E-state index contributed by atoms with van der Waals surface area (Å²) in [6.45, 7) is 2.99. The minimum Gasteiger partial charge on any atom is -0.872 e. The normalized spacial score (nSPS) is 14.5. The van der Waals surface area contributed by atoms with E-state index in [0.717, 1.165) is 34.5 Å². The molecule has 1 aromatic heterocycles. The number of para-hydroxylation sites is 1. The number of aromatic amines is 1. The molecule has 2 aromatic carbocycles. The van der Waals surface area contributed by atoms with Gasteiger partial charge in [0.15, 0.2) is 5.76 Å². The molecule has 7 heteroatoms. The van der Waals surface area contributed by atoms with Crippen LogP contribution in [0.4, 0.5) is 0 Å². The van der Waals surface area contributed by atoms with E-state index in [1.807, 2.05) is 30.5 Å². The highest BCUT2D eigenvalue weighted by Crippen LogP contribution is 2.38. The molecule has 0 spiro atoms. The number of methoxy groups -OCH3 is 2. The summed E-state index contributed by atoms with van der Waals surface area (Å²) in [4.78, 5) is 17.3. The number of aromatic nitrogens is 1. The summed E-state index contributed by atoms with van der Waals surface area (Å²) in [5.74, 6) is 0.252. The third-order valence-electron chi connectivity index (χ3n) is 5.55. The number of Topliss-reactive ketones (excluding diaryl/α,β-unsaturated/α-hetero) is 1. The Morgan fingerprint density at radius 1 is 1.10 bits per heavy atom. The van der Waals surface area contributed by atoms with Crippen molar-refractivity contribution in [3.63, 3.8) is 0 Å². The molecule has 0 aliphatic carbocycles. The Hall–Kier alpha value is -3.13.